The Morgan fingerprint density at radius 2 is 1.69 bits per heavy atom. The Bertz CT molecular complexity index is 824. The van der Waals surface area contributed by atoms with Crippen molar-refractivity contribution in [2.24, 2.45) is 0 Å². The van der Waals surface area contributed by atoms with Crippen molar-refractivity contribution in [2.45, 2.75) is 24.7 Å². The molecule has 2 heterocycles. The number of anilines is 1. The van der Waals surface area contributed by atoms with Gasteiger partial charge in [0.15, 0.2) is 0 Å². The second-order valence-electron chi connectivity index (χ2n) is 6.87. The smallest absolute Gasteiger partial charge is 0.312 e. The molecule has 0 aliphatic carbocycles. The first kappa shape index (κ1) is 16.8. The normalized spacial score (nSPS) is 20.0. The Hall–Kier alpha value is -2.66. The van der Waals surface area contributed by atoms with Crippen LogP contribution in [-0.2, 0) is 9.53 Å². The molecule has 5 nitrogen and oxygen atoms in total. The summed E-state index contributed by atoms with van der Waals surface area (Å²) in [4.78, 5) is 26.1. The lowest BCUT2D eigenvalue weighted by molar-refractivity contribution is -0.138. The molecular formula is C21H21NO4. The zero-order valence-corrected chi connectivity index (χ0v) is 14.4. The molecule has 0 bridgehead atoms. The number of aliphatic carboxylic acids is 1. The fourth-order valence-electron chi connectivity index (χ4n) is 3.90. The third-order valence-corrected chi connectivity index (χ3v) is 5.36. The van der Waals surface area contributed by atoms with Gasteiger partial charge < -0.3 is 14.7 Å². The van der Waals surface area contributed by atoms with Crippen LogP contribution in [0.25, 0.3) is 0 Å². The van der Waals surface area contributed by atoms with Gasteiger partial charge in [-0.3, -0.25) is 9.59 Å². The number of para-hydroxylation sites is 1. The highest BCUT2D eigenvalue weighted by Gasteiger charge is 2.36. The lowest BCUT2D eigenvalue weighted by Gasteiger charge is -2.23. The lowest BCUT2D eigenvalue weighted by atomic mass is 9.91. The van der Waals surface area contributed by atoms with E-state index in [1.54, 1.807) is 11.0 Å². The highest BCUT2D eigenvalue weighted by atomic mass is 16.5. The fraction of sp³-hybridized carbons (Fsp3) is 0.333. The minimum Gasteiger partial charge on any atom is -0.481 e. The quantitative estimate of drug-likeness (QED) is 0.920. The van der Waals surface area contributed by atoms with E-state index in [0.29, 0.717) is 22.7 Å². The number of hydrogen-bond donors (Lipinski definition) is 1. The van der Waals surface area contributed by atoms with Gasteiger partial charge in [0.1, 0.15) is 5.92 Å². The Kier molecular flexibility index (Phi) is 4.47. The monoisotopic (exact) mass is 351 g/mol. The molecule has 0 radical (unpaired) electrons. The number of ether oxygens (including phenoxy) is 1. The Labute approximate surface area is 152 Å². The number of benzene rings is 2. The van der Waals surface area contributed by atoms with Gasteiger partial charge in [-0.25, -0.2) is 0 Å². The summed E-state index contributed by atoms with van der Waals surface area (Å²) in [5.41, 5.74) is 3.21. The zero-order chi connectivity index (χ0) is 18.1. The van der Waals surface area contributed by atoms with Crippen molar-refractivity contribution in [2.75, 3.05) is 24.7 Å². The first-order valence-corrected chi connectivity index (χ1v) is 8.96. The Balaban J connectivity index is 1.57. The van der Waals surface area contributed by atoms with Gasteiger partial charge in [0.05, 0.1) is 0 Å². The molecule has 0 spiro atoms. The number of carbonyl (C=O) groups excluding carboxylic acids is 1. The predicted molar refractivity (Wildman–Crippen MR) is 97.7 cm³/mol. The summed E-state index contributed by atoms with van der Waals surface area (Å²) in [6, 6.07) is 15.0. The van der Waals surface area contributed by atoms with Crippen LogP contribution in [0.2, 0.25) is 0 Å². The van der Waals surface area contributed by atoms with Crippen LogP contribution in [0.5, 0.6) is 0 Å². The molecule has 4 rings (SSSR count). The molecule has 1 fully saturated rings. The second kappa shape index (κ2) is 6.92. The third kappa shape index (κ3) is 2.99. The summed E-state index contributed by atoms with van der Waals surface area (Å²) in [5.74, 6) is -1.24. The van der Waals surface area contributed by atoms with E-state index >= 15 is 0 Å². The zero-order valence-electron chi connectivity index (χ0n) is 14.4. The van der Waals surface area contributed by atoms with Crippen molar-refractivity contribution in [1.29, 1.82) is 0 Å². The maximum absolute atomic E-state index is 13.0. The van der Waals surface area contributed by atoms with Crippen LogP contribution in [0, 0.1) is 0 Å². The number of rotatable bonds is 3. The largest absolute Gasteiger partial charge is 0.481 e. The molecule has 5 heteroatoms. The molecule has 2 aliphatic heterocycles. The standard InChI is InChI=1S/C21H21NO4/c23-20(16-7-5-14(6-8-16)15-9-11-26-12-10-15)22-13-18(21(24)25)17-3-1-2-4-19(17)22/h1-8,15,18H,9-13H2,(H,24,25). The third-order valence-electron chi connectivity index (χ3n) is 5.36. The first-order chi connectivity index (χ1) is 12.6. The highest BCUT2D eigenvalue weighted by Crippen LogP contribution is 2.37. The summed E-state index contributed by atoms with van der Waals surface area (Å²) in [7, 11) is 0. The van der Waals surface area contributed by atoms with E-state index in [0.717, 1.165) is 26.1 Å². The number of amides is 1. The van der Waals surface area contributed by atoms with Gasteiger partial charge >= 0.3 is 5.97 Å². The molecule has 0 saturated carbocycles. The van der Waals surface area contributed by atoms with Gasteiger partial charge in [-0.15, -0.1) is 0 Å². The molecular weight excluding hydrogens is 330 g/mol. The van der Waals surface area contributed by atoms with Gasteiger partial charge in [-0.05, 0) is 48.1 Å². The molecule has 1 unspecified atom stereocenters. The van der Waals surface area contributed by atoms with Crippen LogP contribution in [0.3, 0.4) is 0 Å². The summed E-state index contributed by atoms with van der Waals surface area (Å²) in [6.45, 7) is 1.74. The maximum atomic E-state index is 13.0. The summed E-state index contributed by atoms with van der Waals surface area (Å²) in [6.07, 6.45) is 2.01. The van der Waals surface area contributed by atoms with Crippen LogP contribution in [0.15, 0.2) is 48.5 Å². The minimum atomic E-state index is -0.900. The van der Waals surface area contributed by atoms with Crippen LogP contribution >= 0.6 is 0 Å². The summed E-state index contributed by atoms with van der Waals surface area (Å²) < 4.78 is 5.40. The number of carboxylic acid groups (broad SMARTS) is 1. The van der Waals surface area contributed by atoms with E-state index < -0.39 is 11.9 Å². The molecule has 1 atom stereocenters. The molecule has 2 aliphatic rings. The van der Waals surface area contributed by atoms with Crippen LogP contribution in [0.4, 0.5) is 5.69 Å². The Morgan fingerprint density at radius 3 is 2.38 bits per heavy atom. The fourth-order valence-corrected chi connectivity index (χ4v) is 3.90. The van der Waals surface area contributed by atoms with E-state index in [-0.39, 0.29) is 12.5 Å². The van der Waals surface area contributed by atoms with E-state index in [9.17, 15) is 14.7 Å². The lowest BCUT2D eigenvalue weighted by Crippen LogP contribution is -2.31. The molecule has 2 aromatic carbocycles. The van der Waals surface area contributed by atoms with Crippen molar-refractivity contribution in [3.05, 3.63) is 65.2 Å². The summed E-state index contributed by atoms with van der Waals surface area (Å²) in [5, 5.41) is 9.46. The highest BCUT2D eigenvalue weighted by molar-refractivity contribution is 6.08. The van der Waals surface area contributed by atoms with Gasteiger partial charge in [0.25, 0.3) is 5.91 Å². The van der Waals surface area contributed by atoms with Gasteiger partial charge in [-0.1, -0.05) is 30.3 Å². The molecule has 1 amide bonds. The number of fused-ring (bicyclic) bond motifs is 1. The van der Waals surface area contributed by atoms with Crippen molar-refractivity contribution in [1.82, 2.24) is 0 Å². The van der Waals surface area contributed by atoms with Gasteiger partial charge in [0.2, 0.25) is 0 Å². The number of carboxylic acids is 1. The van der Waals surface area contributed by atoms with E-state index in [1.807, 2.05) is 42.5 Å². The van der Waals surface area contributed by atoms with Crippen molar-refractivity contribution >= 4 is 17.6 Å². The number of hydrogen-bond acceptors (Lipinski definition) is 3. The average Bonchev–Trinajstić information content (AvgIpc) is 3.08. The Morgan fingerprint density at radius 1 is 1.00 bits per heavy atom. The topological polar surface area (TPSA) is 66.8 Å². The molecule has 26 heavy (non-hydrogen) atoms. The molecule has 134 valence electrons. The number of carbonyl (C=O) groups is 2. The van der Waals surface area contributed by atoms with E-state index in [1.165, 1.54) is 5.56 Å². The first-order valence-electron chi connectivity index (χ1n) is 8.96. The van der Waals surface area contributed by atoms with Crippen LogP contribution in [0.1, 0.15) is 46.2 Å². The maximum Gasteiger partial charge on any atom is 0.312 e. The second-order valence-corrected chi connectivity index (χ2v) is 6.87. The van der Waals surface area contributed by atoms with Crippen molar-refractivity contribution in [3.63, 3.8) is 0 Å². The van der Waals surface area contributed by atoms with Gasteiger partial charge in [0, 0.05) is 31.0 Å². The number of nitrogens with zero attached hydrogens (tertiary/aromatic N) is 1. The average molecular weight is 351 g/mol. The predicted octanol–water partition coefficient (Wildman–Crippen LogP) is 3.41. The van der Waals surface area contributed by atoms with Gasteiger partial charge in [-0.2, -0.15) is 0 Å². The molecule has 1 saturated heterocycles. The SMILES string of the molecule is O=C(O)C1CN(C(=O)c2ccc(C3CCOCC3)cc2)c2ccccc21. The van der Waals surface area contributed by atoms with E-state index in [4.69, 9.17) is 4.74 Å². The molecule has 0 aromatic heterocycles. The van der Waals surface area contributed by atoms with Crippen molar-refractivity contribution in [3.8, 4) is 0 Å². The van der Waals surface area contributed by atoms with Crippen LogP contribution in [-0.4, -0.2) is 36.7 Å². The molecule has 2 aromatic rings. The summed E-state index contributed by atoms with van der Waals surface area (Å²) >= 11 is 0. The molecule has 1 N–H and O–H groups in total. The van der Waals surface area contributed by atoms with E-state index in [2.05, 4.69) is 0 Å². The van der Waals surface area contributed by atoms with Crippen LogP contribution < -0.4 is 4.90 Å². The van der Waals surface area contributed by atoms with Crippen molar-refractivity contribution < 1.29 is 19.4 Å². The minimum absolute atomic E-state index is 0.153.